The fourth-order valence-electron chi connectivity index (χ4n) is 1.98. The molecule has 4 nitrogen and oxygen atoms in total. The van der Waals surface area contributed by atoms with Crippen molar-refractivity contribution >= 4 is 5.97 Å². The first-order chi connectivity index (χ1) is 9.04. The Morgan fingerprint density at radius 3 is 2.84 bits per heavy atom. The SMILES string of the molecule is CCCc1onc(-c2cc(F)ccc2C)c1C(=O)O. The van der Waals surface area contributed by atoms with Gasteiger partial charge in [0.1, 0.15) is 17.1 Å². The first-order valence-electron chi connectivity index (χ1n) is 6.03. The Kier molecular flexibility index (Phi) is 3.64. The van der Waals surface area contributed by atoms with E-state index in [9.17, 15) is 14.3 Å². The van der Waals surface area contributed by atoms with E-state index >= 15 is 0 Å². The predicted octanol–water partition coefficient (Wildman–Crippen LogP) is 3.44. The summed E-state index contributed by atoms with van der Waals surface area (Å²) in [4.78, 5) is 11.4. The molecule has 0 radical (unpaired) electrons. The van der Waals surface area contributed by atoms with Gasteiger partial charge >= 0.3 is 5.97 Å². The van der Waals surface area contributed by atoms with Crippen LogP contribution in [0.2, 0.25) is 0 Å². The van der Waals surface area contributed by atoms with E-state index in [2.05, 4.69) is 5.16 Å². The number of benzene rings is 1. The van der Waals surface area contributed by atoms with Gasteiger partial charge in [-0.15, -0.1) is 0 Å². The molecule has 0 aliphatic heterocycles. The lowest BCUT2D eigenvalue weighted by Crippen LogP contribution is -2.02. The minimum atomic E-state index is -1.11. The number of nitrogens with zero attached hydrogens (tertiary/aromatic N) is 1. The molecule has 0 unspecified atom stereocenters. The molecule has 100 valence electrons. The quantitative estimate of drug-likeness (QED) is 0.917. The lowest BCUT2D eigenvalue weighted by Gasteiger charge is -2.03. The zero-order chi connectivity index (χ0) is 14.0. The van der Waals surface area contributed by atoms with Crippen LogP contribution in [0.15, 0.2) is 22.7 Å². The topological polar surface area (TPSA) is 63.3 Å². The summed E-state index contributed by atoms with van der Waals surface area (Å²) in [5, 5.41) is 13.1. The van der Waals surface area contributed by atoms with Crippen LogP contribution >= 0.6 is 0 Å². The molecular formula is C14H14FNO3. The molecule has 5 heteroatoms. The van der Waals surface area contributed by atoms with Crippen LogP contribution in [0.1, 0.15) is 35.0 Å². The summed E-state index contributed by atoms with van der Waals surface area (Å²) in [5.41, 5.74) is 1.41. The van der Waals surface area contributed by atoms with Gasteiger partial charge in [-0.1, -0.05) is 18.1 Å². The van der Waals surface area contributed by atoms with E-state index in [1.54, 1.807) is 13.0 Å². The first-order valence-corrected chi connectivity index (χ1v) is 6.03. The van der Waals surface area contributed by atoms with Crippen molar-refractivity contribution in [1.29, 1.82) is 0 Å². The normalized spacial score (nSPS) is 10.7. The molecular weight excluding hydrogens is 249 g/mol. The molecule has 1 aromatic heterocycles. The third-order valence-electron chi connectivity index (χ3n) is 2.91. The largest absolute Gasteiger partial charge is 0.477 e. The number of aryl methyl sites for hydroxylation is 2. The number of carboxylic acids is 1. The third kappa shape index (κ3) is 2.50. The number of hydrogen-bond acceptors (Lipinski definition) is 3. The van der Waals surface area contributed by atoms with Crippen LogP contribution < -0.4 is 0 Å². The van der Waals surface area contributed by atoms with E-state index in [-0.39, 0.29) is 11.3 Å². The molecule has 0 aliphatic rings. The van der Waals surface area contributed by atoms with Crippen LogP contribution in [0.4, 0.5) is 4.39 Å². The molecule has 0 aliphatic carbocycles. The minimum Gasteiger partial charge on any atom is -0.477 e. The molecule has 19 heavy (non-hydrogen) atoms. The maximum absolute atomic E-state index is 13.3. The lowest BCUT2D eigenvalue weighted by atomic mass is 10.0. The van der Waals surface area contributed by atoms with Crippen molar-refractivity contribution in [3.8, 4) is 11.3 Å². The van der Waals surface area contributed by atoms with E-state index in [0.29, 0.717) is 17.7 Å². The summed E-state index contributed by atoms with van der Waals surface area (Å²) < 4.78 is 18.4. The Bertz CT molecular complexity index is 619. The monoisotopic (exact) mass is 263 g/mol. The Morgan fingerprint density at radius 1 is 1.47 bits per heavy atom. The summed E-state index contributed by atoms with van der Waals surface area (Å²) in [6.07, 6.45) is 1.24. The number of halogens is 1. The summed E-state index contributed by atoms with van der Waals surface area (Å²) in [7, 11) is 0. The van der Waals surface area contributed by atoms with E-state index in [4.69, 9.17) is 4.52 Å². The van der Waals surface area contributed by atoms with E-state index in [0.717, 1.165) is 12.0 Å². The predicted molar refractivity (Wildman–Crippen MR) is 67.6 cm³/mol. The van der Waals surface area contributed by atoms with Crippen LogP contribution in [-0.4, -0.2) is 16.2 Å². The Labute approximate surface area is 109 Å². The Hall–Kier alpha value is -2.17. The van der Waals surface area contributed by atoms with Gasteiger partial charge in [0.15, 0.2) is 5.76 Å². The van der Waals surface area contributed by atoms with Gasteiger partial charge in [-0.25, -0.2) is 9.18 Å². The van der Waals surface area contributed by atoms with Crippen molar-refractivity contribution in [3.63, 3.8) is 0 Å². The highest BCUT2D eigenvalue weighted by Gasteiger charge is 2.24. The minimum absolute atomic E-state index is 0.0237. The molecule has 1 N–H and O–H groups in total. The number of hydrogen-bond donors (Lipinski definition) is 1. The zero-order valence-corrected chi connectivity index (χ0v) is 10.7. The maximum atomic E-state index is 13.3. The van der Waals surface area contributed by atoms with Gasteiger partial charge in [0.05, 0.1) is 0 Å². The van der Waals surface area contributed by atoms with Crippen molar-refractivity contribution < 1.29 is 18.8 Å². The van der Waals surface area contributed by atoms with Crippen molar-refractivity contribution in [2.45, 2.75) is 26.7 Å². The average molecular weight is 263 g/mol. The highest BCUT2D eigenvalue weighted by molar-refractivity contribution is 5.96. The summed E-state index contributed by atoms with van der Waals surface area (Å²) in [6.45, 7) is 3.69. The molecule has 2 aromatic rings. The standard InChI is InChI=1S/C14H14FNO3/c1-3-4-11-12(14(17)18)13(16-19-11)10-7-9(15)6-5-8(10)2/h5-7H,3-4H2,1-2H3,(H,17,18). The van der Waals surface area contributed by atoms with Gasteiger partial charge in [-0.2, -0.15) is 0 Å². The van der Waals surface area contributed by atoms with Crippen LogP contribution in [0, 0.1) is 12.7 Å². The Morgan fingerprint density at radius 2 is 2.21 bits per heavy atom. The molecule has 2 rings (SSSR count). The van der Waals surface area contributed by atoms with Gasteiger partial charge in [0.25, 0.3) is 0 Å². The molecule has 0 fully saturated rings. The van der Waals surface area contributed by atoms with Crippen LogP contribution in [-0.2, 0) is 6.42 Å². The summed E-state index contributed by atoms with van der Waals surface area (Å²) in [5.74, 6) is -1.21. The van der Waals surface area contributed by atoms with Crippen molar-refractivity contribution in [1.82, 2.24) is 5.16 Å². The molecule has 1 heterocycles. The molecule has 0 amide bonds. The second-order valence-corrected chi connectivity index (χ2v) is 4.34. The number of aromatic carboxylic acids is 1. The second-order valence-electron chi connectivity index (χ2n) is 4.34. The van der Waals surface area contributed by atoms with E-state index in [1.807, 2.05) is 6.92 Å². The molecule has 0 bridgehead atoms. The van der Waals surface area contributed by atoms with Gasteiger partial charge in [-0.3, -0.25) is 0 Å². The van der Waals surface area contributed by atoms with Gasteiger partial charge in [0.2, 0.25) is 0 Å². The molecule has 0 atom stereocenters. The zero-order valence-electron chi connectivity index (χ0n) is 10.7. The van der Waals surface area contributed by atoms with Crippen molar-refractivity contribution in [3.05, 3.63) is 40.9 Å². The van der Waals surface area contributed by atoms with Gasteiger partial charge < -0.3 is 9.63 Å². The number of carboxylic acid groups (broad SMARTS) is 1. The first kappa shape index (κ1) is 13.3. The smallest absolute Gasteiger partial charge is 0.341 e. The number of aromatic nitrogens is 1. The molecule has 0 saturated heterocycles. The summed E-state index contributed by atoms with van der Waals surface area (Å²) >= 11 is 0. The van der Waals surface area contributed by atoms with E-state index in [1.165, 1.54) is 12.1 Å². The van der Waals surface area contributed by atoms with Crippen LogP contribution in [0.25, 0.3) is 11.3 Å². The molecule has 1 aromatic carbocycles. The Balaban J connectivity index is 2.62. The molecule has 0 spiro atoms. The van der Waals surface area contributed by atoms with Crippen molar-refractivity contribution in [2.24, 2.45) is 0 Å². The van der Waals surface area contributed by atoms with Crippen LogP contribution in [0.5, 0.6) is 0 Å². The fraction of sp³-hybridized carbons (Fsp3) is 0.286. The van der Waals surface area contributed by atoms with Crippen LogP contribution in [0.3, 0.4) is 0 Å². The van der Waals surface area contributed by atoms with Gasteiger partial charge in [0, 0.05) is 12.0 Å². The van der Waals surface area contributed by atoms with E-state index < -0.39 is 11.8 Å². The lowest BCUT2D eigenvalue weighted by molar-refractivity contribution is 0.0695. The fourth-order valence-corrected chi connectivity index (χ4v) is 1.98. The number of rotatable bonds is 4. The number of carbonyl (C=O) groups is 1. The molecule has 0 saturated carbocycles. The highest BCUT2D eigenvalue weighted by Crippen LogP contribution is 2.29. The second kappa shape index (κ2) is 5.22. The highest BCUT2D eigenvalue weighted by atomic mass is 19.1. The van der Waals surface area contributed by atoms with Gasteiger partial charge in [-0.05, 0) is 31.0 Å². The van der Waals surface area contributed by atoms with Crippen molar-refractivity contribution in [2.75, 3.05) is 0 Å². The average Bonchev–Trinajstić information content (AvgIpc) is 2.76. The summed E-state index contributed by atoms with van der Waals surface area (Å²) in [6, 6.07) is 4.19. The third-order valence-corrected chi connectivity index (χ3v) is 2.91. The maximum Gasteiger partial charge on any atom is 0.341 e.